The Bertz CT molecular complexity index is 1150. The van der Waals surface area contributed by atoms with E-state index in [1.165, 1.54) is 6.08 Å². The number of nitrogens with zero attached hydrogens (tertiary/aromatic N) is 4. The number of nitrogens with two attached hydrogens (primary N) is 1. The second kappa shape index (κ2) is 5.78. The van der Waals surface area contributed by atoms with Crippen LogP contribution in [0.3, 0.4) is 0 Å². The predicted molar refractivity (Wildman–Crippen MR) is 102 cm³/mol. The van der Waals surface area contributed by atoms with Crippen molar-refractivity contribution in [3.8, 4) is 11.1 Å². The van der Waals surface area contributed by atoms with E-state index >= 15 is 0 Å². The molecule has 6 nitrogen and oxygen atoms in total. The van der Waals surface area contributed by atoms with E-state index in [4.69, 9.17) is 5.73 Å². The molecule has 1 amide bonds. The smallest absolute Gasteiger partial charge is 0.244 e. The minimum absolute atomic E-state index is 0.379. The first-order chi connectivity index (χ1) is 12.0. The van der Waals surface area contributed by atoms with E-state index < -0.39 is 5.91 Å². The third-order valence-corrected chi connectivity index (χ3v) is 4.35. The lowest BCUT2D eigenvalue weighted by molar-refractivity contribution is -0.113. The molecule has 2 N–H and O–H groups in total. The van der Waals surface area contributed by atoms with E-state index in [2.05, 4.69) is 35.0 Å². The van der Waals surface area contributed by atoms with Gasteiger partial charge in [-0.1, -0.05) is 18.2 Å². The van der Waals surface area contributed by atoms with E-state index in [0.29, 0.717) is 5.03 Å². The molecule has 0 radical (unpaired) electrons. The van der Waals surface area contributed by atoms with Gasteiger partial charge in [-0.25, -0.2) is 4.68 Å². The van der Waals surface area contributed by atoms with Gasteiger partial charge in [0, 0.05) is 30.1 Å². The number of thiol groups is 1. The van der Waals surface area contributed by atoms with Crippen LogP contribution in [0.25, 0.3) is 38.0 Å². The van der Waals surface area contributed by atoms with Gasteiger partial charge in [-0.05, 0) is 29.3 Å². The summed E-state index contributed by atoms with van der Waals surface area (Å²) in [6, 6.07) is 12.1. The van der Waals surface area contributed by atoms with Gasteiger partial charge in [0.25, 0.3) is 0 Å². The summed E-state index contributed by atoms with van der Waals surface area (Å²) in [6.07, 6.45) is 4.99. The predicted octanol–water partition coefficient (Wildman–Crippen LogP) is 2.80. The van der Waals surface area contributed by atoms with Gasteiger partial charge >= 0.3 is 0 Å². The summed E-state index contributed by atoms with van der Waals surface area (Å²) in [5.41, 5.74) is 9.18. The molecular formula is C18H15N5OS. The van der Waals surface area contributed by atoms with E-state index in [0.717, 1.165) is 32.9 Å². The Hall–Kier alpha value is -3.06. The Kier molecular flexibility index (Phi) is 3.58. The molecule has 2 heterocycles. The van der Waals surface area contributed by atoms with Gasteiger partial charge in [0.15, 0.2) is 0 Å². The molecule has 25 heavy (non-hydrogen) atoms. The van der Waals surface area contributed by atoms with Gasteiger partial charge < -0.3 is 5.73 Å². The minimum Gasteiger partial charge on any atom is -0.366 e. The van der Waals surface area contributed by atoms with E-state index in [9.17, 15) is 4.79 Å². The molecule has 124 valence electrons. The highest BCUT2D eigenvalue weighted by Gasteiger charge is 2.10. The highest BCUT2D eigenvalue weighted by Crippen LogP contribution is 2.31. The lowest BCUT2D eigenvalue weighted by Gasteiger charge is -2.05. The highest BCUT2D eigenvalue weighted by atomic mass is 32.1. The Morgan fingerprint density at radius 3 is 2.92 bits per heavy atom. The van der Waals surface area contributed by atoms with Crippen LogP contribution in [-0.4, -0.2) is 25.5 Å². The first-order valence-electron chi connectivity index (χ1n) is 7.64. The van der Waals surface area contributed by atoms with Crippen LogP contribution in [0.5, 0.6) is 0 Å². The molecule has 2 aromatic heterocycles. The lowest BCUT2D eigenvalue weighted by atomic mass is 10.0. The summed E-state index contributed by atoms with van der Waals surface area (Å²) in [6.45, 7) is 0. The molecule has 4 rings (SSSR count). The maximum atomic E-state index is 11.1. The monoisotopic (exact) mass is 349 g/mol. The van der Waals surface area contributed by atoms with Gasteiger partial charge in [-0.2, -0.15) is 10.2 Å². The molecule has 7 heteroatoms. The van der Waals surface area contributed by atoms with E-state index in [-0.39, 0.29) is 0 Å². The topological polar surface area (TPSA) is 78.7 Å². The number of aryl methyl sites for hydroxylation is 1. The van der Waals surface area contributed by atoms with Crippen LogP contribution >= 0.6 is 12.6 Å². The van der Waals surface area contributed by atoms with Crippen molar-refractivity contribution in [1.82, 2.24) is 19.6 Å². The Morgan fingerprint density at radius 2 is 2.12 bits per heavy atom. The number of benzene rings is 2. The molecular weight excluding hydrogens is 334 g/mol. The standard InChI is InChI=1S/C18H15N5OS/c1-22-10-14-13(3-2-4-15(14)21-22)11-5-6-16-12(7-11)9-20-23(16)18(25)8-17(19)24/h2-10,25H,1H3,(H2,19,24)/b18-8-. The van der Waals surface area contributed by atoms with Gasteiger partial charge in [0.05, 0.1) is 17.2 Å². The summed E-state index contributed by atoms with van der Waals surface area (Å²) in [5, 5.41) is 11.2. The van der Waals surface area contributed by atoms with Crippen LogP contribution < -0.4 is 5.73 Å². The number of primary amides is 1. The fourth-order valence-electron chi connectivity index (χ4n) is 2.98. The maximum absolute atomic E-state index is 11.1. The van der Waals surface area contributed by atoms with E-state index in [1.54, 1.807) is 10.9 Å². The van der Waals surface area contributed by atoms with Crippen LogP contribution in [0, 0.1) is 0 Å². The fraction of sp³-hybridized carbons (Fsp3) is 0.0556. The van der Waals surface area contributed by atoms with Crippen LogP contribution in [0.4, 0.5) is 0 Å². The van der Waals surface area contributed by atoms with Crippen molar-refractivity contribution >= 4 is 45.4 Å². The molecule has 0 bridgehead atoms. The molecule has 0 fully saturated rings. The number of hydrogen-bond acceptors (Lipinski definition) is 4. The number of aromatic nitrogens is 4. The van der Waals surface area contributed by atoms with Gasteiger partial charge in [-0.3, -0.25) is 9.48 Å². The molecule has 4 aromatic rings. The molecule has 0 aliphatic rings. The number of carbonyl (C=O) groups is 1. The molecule has 0 aliphatic heterocycles. The summed E-state index contributed by atoms with van der Waals surface area (Å²) in [5.74, 6) is -0.562. The van der Waals surface area contributed by atoms with Crippen LogP contribution in [-0.2, 0) is 11.8 Å². The average molecular weight is 349 g/mol. The summed E-state index contributed by atoms with van der Waals surface area (Å²) < 4.78 is 3.39. The molecule has 0 saturated heterocycles. The zero-order valence-corrected chi connectivity index (χ0v) is 14.3. The highest BCUT2D eigenvalue weighted by molar-refractivity contribution is 7.90. The van der Waals surface area contributed by atoms with Crippen LogP contribution in [0.1, 0.15) is 0 Å². The molecule has 0 unspecified atom stereocenters. The molecule has 0 aliphatic carbocycles. The Morgan fingerprint density at radius 1 is 1.28 bits per heavy atom. The summed E-state index contributed by atoms with van der Waals surface area (Å²) in [4.78, 5) is 11.1. The first-order valence-corrected chi connectivity index (χ1v) is 8.08. The van der Waals surface area contributed by atoms with Crippen molar-refractivity contribution in [2.24, 2.45) is 12.8 Å². The number of hydrogen-bond donors (Lipinski definition) is 2. The normalized spacial score (nSPS) is 12.2. The van der Waals surface area contributed by atoms with Crippen molar-refractivity contribution in [3.63, 3.8) is 0 Å². The second-order valence-corrected chi connectivity index (χ2v) is 6.23. The zero-order chi connectivity index (χ0) is 17.6. The third kappa shape index (κ3) is 2.68. The van der Waals surface area contributed by atoms with Gasteiger partial charge in [-0.15, -0.1) is 12.6 Å². The SMILES string of the molecule is Cn1cc2c(-c3ccc4c(cnn4/C(S)=C/C(N)=O)c3)cccc2n1. The van der Waals surface area contributed by atoms with Crippen molar-refractivity contribution in [2.75, 3.05) is 0 Å². The molecule has 0 saturated carbocycles. The number of carbonyl (C=O) groups excluding carboxylic acids is 1. The average Bonchev–Trinajstić information content (AvgIpc) is 3.15. The molecule has 0 spiro atoms. The maximum Gasteiger partial charge on any atom is 0.244 e. The summed E-state index contributed by atoms with van der Waals surface area (Å²) >= 11 is 4.30. The second-order valence-electron chi connectivity index (χ2n) is 5.78. The van der Waals surface area contributed by atoms with E-state index in [1.807, 2.05) is 42.2 Å². The lowest BCUT2D eigenvalue weighted by Crippen LogP contribution is -2.08. The van der Waals surface area contributed by atoms with Crippen molar-refractivity contribution in [2.45, 2.75) is 0 Å². The molecule has 2 aromatic carbocycles. The van der Waals surface area contributed by atoms with Crippen LogP contribution in [0.15, 0.2) is 54.9 Å². The quantitative estimate of drug-likeness (QED) is 0.441. The fourth-order valence-corrected chi connectivity index (χ4v) is 3.27. The number of fused-ring (bicyclic) bond motifs is 2. The Labute approximate surface area is 148 Å². The minimum atomic E-state index is -0.562. The first kappa shape index (κ1) is 15.5. The number of rotatable bonds is 3. The molecule has 0 atom stereocenters. The van der Waals surface area contributed by atoms with Gasteiger partial charge in [0.1, 0.15) is 5.03 Å². The van der Waals surface area contributed by atoms with Gasteiger partial charge in [0.2, 0.25) is 5.91 Å². The van der Waals surface area contributed by atoms with Crippen LogP contribution in [0.2, 0.25) is 0 Å². The van der Waals surface area contributed by atoms with Crippen molar-refractivity contribution in [1.29, 1.82) is 0 Å². The third-order valence-electron chi connectivity index (χ3n) is 4.03. The van der Waals surface area contributed by atoms with Crippen molar-refractivity contribution in [3.05, 3.63) is 54.9 Å². The number of amides is 1. The largest absolute Gasteiger partial charge is 0.366 e. The van der Waals surface area contributed by atoms with Crippen molar-refractivity contribution < 1.29 is 4.79 Å². The summed E-state index contributed by atoms with van der Waals surface area (Å²) in [7, 11) is 1.91. The zero-order valence-electron chi connectivity index (χ0n) is 13.4. The Balaban J connectivity index is 1.86.